The fourth-order valence-electron chi connectivity index (χ4n) is 4.44. The number of amides is 1. The van der Waals surface area contributed by atoms with Gasteiger partial charge < -0.3 is 10.2 Å². The lowest BCUT2D eigenvalue weighted by molar-refractivity contribution is -0.122. The maximum Gasteiger partial charge on any atom is 0.234 e. The van der Waals surface area contributed by atoms with Crippen LogP contribution in [0, 0.1) is 0 Å². The van der Waals surface area contributed by atoms with Crippen molar-refractivity contribution in [3.8, 4) is 0 Å². The van der Waals surface area contributed by atoms with Gasteiger partial charge in [0.05, 0.1) is 6.54 Å². The molecule has 1 N–H and O–H groups in total. The molecule has 0 radical (unpaired) electrons. The number of rotatable bonds is 10. The van der Waals surface area contributed by atoms with Crippen molar-refractivity contribution >= 4 is 29.1 Å². The minimum Gasteiger partial charge on any atom is -0.354 e. The average molecular weight is 432 g/mol. The second kappa shape index (κ2) is 12.9. The van der Waals surface area contributed by atoms with Crippen LogP contribution >= 0.6 is 12.4 Å². The molecule has 0 bridgehead atoms. The van der Waals surface area contributed by atoms with Crippen molar-refractivity contribution in [2.45, 2.75) is 45.4 Å². The molecular weight excluding hydrogens is 394 g/mol. The summed E-state index contributed by atoms with van der Waals surface area (Å²) in [6.45, 7) is 10.8. The highest BCUT2D eigenvalue weighted by Gasteiger charge is 2.19. The highest BCUT2D eigenvalue weighted by molar-refractivity contribution is 5.86. The Morgan fingerprint density at radius 2 is 1.73 bits per heavy atom. The lowest BCUT2D eigenvalue weighted by Crippen LogP contribution is -2.39. The highest BCUT2D eigenvalue weighted by Crippen LogP contribution is 2.28. The summed E-state index contributed by atoms with van der Waals surface area (Å²) in [5.74, 6) is 0.473. The molecule has 2 aromatic rings. The van der Waals surface area contributed by atoms with Crippen molar-refractivity contribution < 1.29 is 4.79 Å². The van der Waals surface area contributed by atoms with Crippen LogP contribution in [-0.2, 0) is 4.79 Å². The first kappa shape index (κ1) is 24.6. The number of likely N-dealkylation sites (tertiary alicyclic amines) is 1. The molecule has 166 valence electrons. The normalized spacial score (nSPS) is 15.7. The molecule has 30 heavy (non-hydrogen) atoms. The van der Waals surface area contributed by atoms with Gasteiger partial charge in [-0.3, -0.25) is 9.69 Å². The van der Waals surface area contributed by atoms with E-state index in [4.69, 9.17) is 0 Å². The van der Waals surface area contributed by atoms with E-state index in [0.29, 0.717) is 19.0 Å². The van der Waals surface area contributed by atoms with Gasteiger partial charge in [-0.25, -0.2) is 0 Å². The minimum absolute atomic E-state index is 0. The fraction of sp³-hybridized carbons (Fsp3) is 0.560. The Morgan fingerprint density at radius 3 is 2.47 bits per heavy atom. The van der Waals surface area contributed by atoms with Crippen LogP contribution in [0.1, 0.15) is 51.0 Å². The number of nitrogens with one attached hydrogen (secondary N) is 1. The maximum atomic E-state index is 12.5. The summed E-state index contributed by atoms with van der Waals surface area (Å²) < 4.78 is 0. The number of likely N-dealkylation sites (N-methyl/N-ethyl adjacent to an activating group) is 1. The Kier molecular flexibility index (Phi) is 10.6. The van der Waals surface area contributed by atoms with E-state index in [9.17, 15) is 4.79 Å². The van der Waals surface area contributed by atoms with Crippen LogP contribution in [0.4, 0.5) is 0 Å². The molecule has 0 saturated carbocycles. The molecule has 0 spiro atoms. The molecule has 5 heteroatoms. The lowest BCUT2D eigenvalue weighted by atomic mass is 9.90. The van der Waals surface area contributed by atoms with Crippen molar-refractivity contribution in [2.24, 2.45) is 0 Å². The van der Waals surface area contributed by atoms with Gasteiger partial charge in [-0.05, 0) is 68.3 Å². The molecule has 0 aromatic heterocycles. The van der Waals surface area contributed by atoms with Gasteiger partial charge in [0.1, 0.15) is 0 Å². The zero-order valence-corrected chi connectivity index (χ0v) is 19.4. The summed E-state index contributed by atoms with van der Waals surface area (Å²) in [7, 11) is 0. The number of nitrogens with zero attached hydrogens (tertiary/aromatic N) is 2. The number of benzene rings is 2. The van der Waals surface area contributed by atoms with E-state index in [0.717, 1.165) is 26.1 Å². The third-order valence-corrected chi connectivity index (χ3v) is 6.31. The lowest BCUT2D eigenvalue weighted by Gasteiger charge is -2.29. The van der Waals surface area contributed by atoms with Gasteiger partial charge in [0.15, 0.2) is 0 Å². The largest absolute Gasteiger partial charge is 0.354 e. The molecule has 1 heterocycles. The number of halogens is 1. The van der Waals surface area contributed by atoms with Crippen LogP contribution in [0.25, 0.3) is 10.8 Å². The van der Waals surface area contributed by atoms with Crippen LogP contribution in [-0.4, -0.2) is 61.5 Å². The quantitative estimate of drug-likeness (QED) is 0.593. The van der Waals surface area contributed by atoms with E-state index in [1.54, 1.807) is 0 Å². The standard InChI is InChI=1S/C25H37N3O.ClH/c1-3-27(4-2)20-25(29)26-19-22(15-18-28-16-8-5-9-17-28)24-14-10-12-21-11-6-7-13-23(21)24;/h6-7,10-14,22H,3-5,8-9,15-20H2,1-2H3,(H,26,29);1H. The van der Waals surface area contributed by atoms with Crippen LogP contribution in [0.15, 0.2) is 42.5 Å². The number of piperidine rings is 1. The summed E-state index contributed by atoms with van der Waals surface area (Å²) >= 11 is 0. The topological polar surface area (TPSA) is 35.6 Å². The Labute approximate surface area is 188 Å². The number of hydrogen-bond acceptors (Lipinski definition) is 3. The van der Waals surface area contributed by atoms with Gasteiger partial charge in [0.2, 0.25) is 5.91 Å². The van der Waals surface area contributed by atoms with Gasteiger partial charge in [-0.15, -0.1) is 12.4 Å². The highest BCUT2D eigenvalue weighted by atomic mass is 35.5. The summed E-state index contributed by atoms with van der Waals surface area (Å²) in [6, 6.07) is 15.2. The molecule has 1 aliphatic rings. The molecule has 1 amide bonds. The molecule has 3 rings (SSSR count). The SMILES string of the molecule is CCN(CC)CC(=O)NCC(CCN1CCCCC1)c1cccc2ccccc12.Cl. The second-order valence-electron chi connectivity index (χ2n) is 8.22. The summed E-state index contributed by atoms with van der Waals surface area (Å²) in [4.78, 5) is 17.3. The van der Waals surface area contributed by atoms with Crippen molar-refractivity contribution in [2.75, 3.05) is 45.8 Å². The number of hydrogen-bond donors (Lipinski definition) is 1. The van der Waals surface area contributed by atoms with Crippen molar-refractivity contribution in [3.63, 3.8) is 0 Å². The van der Waals surface area contributed by atoms with E-state index >= 15 is 0 Å². The van der Waals surface area contributed by atoms with E-state index in [2.05, 4.69) is 71.4 Å². The Morgan fingerprint density at radius 1 is 1.03 bits per heavy atom. The van der Waals surface area contributed by atoms with E-state index in [-0.39, 0.29) is 18.3 Å². The van der Waals surface area contributed by atoms with E-state index in [1.165, 1.54) is 48.7 Å². The van der Waals surface area contributed by atoms with Gasteiger partial charge in [0, 0.05) is 12.5 Å². The monoisotopic (exact) mass is 431 g/mol. The minimum atomic E-state index is 0. The van der Waals surface area contributed by atoms with Crippen LogP contribution in [0.3, 0.4) is 0 Å². The molecule has 1 atom stereocenters. The van der Waals surface area contributed by atoms with Crippen LogP contribution < -0.4 is 5.32 Å². The van der Waals surface area contributed by atoms with Crippen molar-refractivity contribution in [1.82, 2.24) is 15.1 Å². The Hall–Kier alpha value is -1.62. The summed E-state index contributed by atoms with van der Waals surface area (Å²) in [6.07, 6.45) is 5.09. The van der Waals surface area contributed by atoms with E-state index in [1.807, 2.05) is 0 Å². The second-order valence-corrected chi connectivity index (χ2v) is 8.22. The smallest absolute Gasteiger partial charge is 0.234 e. The fourth-order valence-corrected chi connectivity index (χ4v) is 4.44. The maximum absolute atomic E-state index is 12.5. The number of carbonyl (C=O) groups excluding carboxylic acids is 1. The molecule has 1 unspecified atom stereocenters. The number of fused-ring (bicyclic) bond motifs is 1. The first-order valence-electron chi connectivity index (χ1n) is 11.4. The molecule has 1 saturated heterocycles. The summed E-state index contributed by atoms with van der Waals surface area (Å²) in [5, 5.41) is 5.83. The molecule has 1 fully saturated rings. The number of carbonyl (C=O) groups is 1. The predicted molar refractivity (Wildman–Crippen MR) is 130 cm³/mol. The van der Waals surface area contributed by atoms with Crippen LogP contribution in [0.5, 0.6) is 0 Å². The molecule has 4 nitrogen and oxygen atoms in total. The molecule has 1 aliphatic heterocycles. The van der Waals surface area contributed by atoms with Crippen molar-refractivity contribution in [1.29, 1.82) is 0 Å². The summed E-state index contributed by atoms with van der Waals surface area (Å²) in [5.41, 5.74) is 1.36. The molecule has 0 aliphatic carbocycles. The third-order valence-electron chi connectivity index (χ3n) is 6.31. The predicted octanol–water partition coefficient (Wildman–Crippen LogP) is 4.68. The zero-order chi connectivity index (χ0) is 20.5. The van der Waals surface area contributed by atoms with Crippen LogP contribution in [0.2, 0.25) is 0 Å². The molecular formula is C25H38ClN3O. The van der Waals surface area contributed by atoms with E-state index < -0.39 is 0 Å². The first-order valence-corrected chi connectivity index (χ1v) is 11.4. The Balaban J connectivity index is 0.00000320. The van der Waals surface area contributed by atoms with Crippen molar-refractivity contribution in [3.05, 3.63) is 48.0 Å². The zero-order valence-electron chi connectivity index (χ0n) is 18.6. The van der Waals surface area contributed by atoms with Gasteiger partial charge >= 0.3 is 0 Å². The first-order chi connectivity index (χ1) is 14.2. The van der Waals surface area contributed by atoms with Gasteiger partial charge in [0.25, 0.3) is 0 Å². The third kappa shape index (κ3) is 6.97. The van der Waals surface area contributed by atoms with Gasteiger partial charge in [-0.2, -0.15) is 0 Å². The molecule has 2 aromatic carbocycles. The Bertz CT molecular complexity index is 767. The average Bonchev–Trinajstić information content (AvgIpc) is 2.78. The van der Waals surface area contributed by atoms with Gasteiger partial charge in [-0.1, -0.05) is 62.7 Å².